The molecular formula is C15H24N2O3S. The zero-order valence-electron chi connectivity index (χ0n) is 13.1. The van der Waals surface area contributed by atoms with Crippen molar-refractivity contribution in [3.8, 4) is 0 Å². The fourth-order valence-electron chi connectivity index (χ4n) is 2.69. The van der Waals surface area contributed by atoms with Crippen LogP contribution in [0.1, 0.15) is 52.3 Å². The number of carboxylic acids is 1. The minimum atomic E-state index is -0.813. The molecular weight excluding hydrogens is 288 g/mol. The Bertz CT molecular complexity index is 508. The quantitative estimate of drug-likeness (QED) is 0.866. The first-order valence-corrected chi connectivity index (χ1v) is 8.31. The van der Waals surface area contributed by atoms with Crippen LogP contribution in [-0.2, 0) is 14.9 Å². The fraction of sp³-hybridized carbons (Fsp3) is 0.733. The van der Waals surface area contributed by atoms with Crippen molar-refractivity contribution in [2.24, 2.45) is 0 Å². The van der Waals surface area contributed by atoms with Gasteiger partial charge < -0.3 is 14.4 Å². The van der Waals surface area contributed by atoms with Crippen molar-refractivity contribution in [1.29, 1.82) is 0 Å². The van der Waals surface area contributed by atoms with Gasteiger partial charge in [0.1, 0.15) is 0 Å². The van der Waals surface area contributed by atoms with Crippen LogP contribution < -0.4 is 0 Å². The number of hydrogen-bond acceptors (Lipinski definition) is 4. The van der Waals surface area contributed by atoms with Crippen LogP contribution in [0.3, 0.4) is 0 Å². The molecule has 0 amide bonds. The van der Waals surface area contributed by atoms with Crippen LogP contribution in [0.15, 0.2) is 11.4 Å². The van der Waals surface area contributed by atoms with E-state index in [0.29, 0.717) is 6.04 Å². The molecule has 118 valence electrons. The van der Waals surface area contributed by atoms with Crippen molar-refractivity contribution in [2.75, 3.05) is 12.4 Å². The van der Waals surface area contributed by atoms with Gasteiger partial charge in [-0.2, -0.15) is 0 Å². The predicted molar refractivity (Wildman–Crippen MR) is 83.0 cm³/mol. The molecule has 21 heavy (non-hydrogen) atoms. The van der Waals surface area contributed by atoms with E-state index in [1.54, 1.807) is 0 Å². The van der Waals surface area contributed by atoms with Crippen molar-refractivity contribution in [3.05, 3.63) is 11.9 Å². The van der Waals surface area contributed by atoms with Crippen LogP contribution in [0.4, 0.5) is 0 Å². The molecule has 1 aliphatic heterocycles. The summed E-state index contributed by atoms with van der Waals surface area (Å²) in [7, 11) is 0. The molecule has 1 aromatic heterocycles. The van der Waals surface area contributed by atoms with Crippen molar-refractivity contribution in [1.82, 2.24) is 9.55 Å². The Balaban J connectivity index is 2.33. The largest absolute Gasteiger partial charge is 0.481 e. The Hall–Kier alpha value is -1.01. The highest BCUT2D eigenvalue weighted by molar-refractivity contribution is 7.99. The van der Waals surface area contributed by atoms with Gasteiger partial charge in [0.2, 0.25) is 0 Å². The van der Waals surface area contributed by atoms with Crippen LogP contribution >= 0.6 is 11.8 Å². The molecule has 6 heteroatoms. The summed E-state index contributed by atoms with van der Waals surface area (Å²) in [5.74, 6) is -0.772. The zero-order chi connectivity index (χ0) is 15.6. The lowest BCUT2D eigenvalue weighted by Crippen LogP contribution is -2.29. The summed E-state index contributed by atoms with van der Waals surface area (Å²) in [6.07, 6.45) is 4.02. The van der Waals surface area contributed by atoms with Gasteiger partial charge in [0.25, 0.3) is 0 Å². The van der Waals surface area contributed by atoms with Crippen LogP contribution in [0.25, 0.3) is 0 Å². The molecule has 1 aliphatic rings. The molecule has 1 N–H and O–H groups in total. The summed E-state index contributed by atoms with van der Waals surface area (Å²) in [5.41, 5.74) is 1.14. The minimum Gasteiger partial charge on any atom is -0.481 e. The molecule has 0 aliphatic carbocycles. The number of hydrogen-bond donors (Lipinski definition) is 1. The monoisotopic (exact) mass is 312 g/mol. The van der Waals surface area contributed by atoms with E-state index in [4.69, 9.17) is 9.84 Å². The molecule has 0 bridgehead atoms. The van der Waals surface area contributed by atoms with Gasteiger partial charge in [-0.05, 0) is 19.8 Å². The maximum atomic E-state index is 10.8. The second-order valence-corrected chi connectivity index (χ2v) is 7.53. The first kappa shape index (κ1) is 16.4. The topological polar surface area (TPSA) is 64.4 Å². The number of aromatic nitrogens is 2. The number of nitrogens with zero attached hydrogens (tertiary/aromatic N) is 2. The normalized spacial score (nSPS) is 23.2. The number of carboxylic acid groups (broad SMARTS) is 1. The molecule has 2 rings (SSSR count). The van der Waals surface area contributed by atoms with E-state index in [0.717, 1.165) is 30.3 Å². The van der Waals surface area contributed by atoms with E-state index in [2.05, 4.69) is 37.2 Å². The highest BCUT2D eigenvalue weighted by Gasteiger charge is 2.29. The minimum absolute atomic E-state index is 0.0173. The second-order valence-electron chi connectivity index (χ2n) is 6.59. The Morgan fingerprint density at radius 1 is 1.57 bits per heavy atom. The average molecular weight is 312 g/mol. The van der Waals surface area contributed by atoms with Crippen molar-refractivity contribution in [2.45, 2.75) is 63.3 Å². The van der Waals surface area contributed by atoms with Crippen molar-refractivity contribution in [3.63, 3.8) is 0 Å². The van der Waals surface area contributed by atoms with E-state index in [1.807, 2.05) is 6.20 Å². The summed E-state index contributed by atoms with van der Waals surface area (Å²) in [4.78, 5) is 15.3. The molecule has 0 spiro atoms. The number of carbonyl (C=O) groups is 1. The van der Waals surface area contributed by atoms with E-state index >= 15 is 0 Å². The maximum absolute atomic E-state index is 10.8. The van der Waals surface area contributed by atoms with E-state index in [9.17, 15) is 4.79 Å². The molecule has 1 aromatic rings. The lowest BCUT2D eigenvalue weighted by molar-refractivity contribution is -0.133. The molecule has 1 fully saturated rings. The number of imidazole rings is 1. The molecule has 1 saturated heterocycles. The Kier molecular flexibility index (Phi) is 4.99. The number of ether oxygens (including phenoxy) is 1. The number of rotatable bonds is 4. The van der Waals surface area contributed by atoms with Crippen LogP contribution in [0, 0.1) is 0 Å². The van der Waals surface area contributed by atoms with Gasteiger partial charge >= 0.3 is 5.97 Å². The Morgan fingerprint density at radius 3 is 2.86 bits per heavy atom. The second kappa shape index (κ2) is 6.40. The van der Waals surface area contributed by atoms with Crippen LogP contribution in [0.2, 0.25) is 0 Å². The van der Waals surface area contributed by atoms with Gasteiger partial charge in [0.15, 0.2) is 5.16 Å². The first-order valence-electron chi connectivity index (χ1n) is 7.33. The maximum Gasteiger partial charge on any atom is 0.313 e. The Labute approximate surface area is 130 Å². The highest BCUT2D eigenvalue weighted by Crippen LogP contribution is 2.35. The molecule has 0 radical (unpaired) electrons. The summed E-state index contributed by atoms with van der Waals surface area (Å²) in [5, 5.41) is 9.71. The van der Waals surface area contributed by atoms with Gasteiger partial charge in [-0.15, -0.1) is 0 Å². The summed E-state index contributed by atoms with van der Waals surface area (Å²) in [6, 6.07) is 0.335. The fourth-order valence-corrected chi connectivity index (χ4v) is 3.46. The third-order valence-corrected chi connectivity index (χ3v) is 4.63. The summed E-state index contributed by atoms with van der Waals surface area (Å²) >= 11 is 1.30. The SMILES string of the molecule is CC1CC(n2c(C(C)(C)C)cnc2SCC(=O)O)CCO1. The van der Waals surface area contributed by atoms with Gasteiger partial charge in [0.05, 0.1) is 11.9 Å². The zero-order valence-corrected chi connectivity index (χ0v) is 13.9. The molecule has 0 saturated carbocycles. The predicted octanol–water partition coefficient (Wildman–Crippen LogP) is 3.10. The van der Waals surface area contributed by atoms with E-state index in [-0.39, 0.29) is 17.3 Å². The first-order chi connectivity index (χ1) is 9.79. The lowest BCUT2D eigenvalue weighted by Gasteiger charge is -2.33. The molecule has 0 aromatic carbocycles. The van der Waals surface area contributed by atoms with Crippen LogP contribution in [-0.4, -0.2) is 39.1 Å². The van der Waals surface area contributed by atoms with Gasteiger partial charge in [-0.1, -0.05) is 32.5 Å². The number of aliphatic carboxylic acids is 1. The summed E-state index contributed by atoms with van der Waals surface area (Å²) < 4.78 is 7.88. The van der Waals surface area contributed by atoms with E-state index in [1.165, 1.54) is 11.8 Å². The summed E-state index contributed by atoms with van der Waals surface area (Å²) in [6.45, 7) is 9.32. The standard InChI is InChI=1S/C15H24N2O3S/c1-10-7-11(5-6-20-10)17-12(15(2,3)4)8-16-14(17)21-9-13(18)19/h8,10-11H,5-7,9H2,1-4H3,(H,18,19). The Morgan fingerprint density at radius 2 is 2.29 bits per heavy atom. The molecule has 2 atom stereocenters. The smallest absolute Gasteiger partial charge is 0.313 e. The third-order valence-electron chi connectivity index (χ3n) is 3.68. The average Bonchev–Trinajstić information content (AvgIpc) is 2.80. The van der Waals surface area contributed by atoms with Crippen molar-refractivity contribution >= 4 is 17.7 Å². The lowest BCUT2D eigenvalue weighted by atomic mass is 9.91. The molecule has 2 heterocycles. The molecule has 2 unspecified atom stereocenters. The van der Waals surface area contributed by atoms with Gasteiger partial charge in [-0.25, -0.2) is 4.98 Å². The van der Waals surface area contributed by atoms with Crippen LogP contribution in [0.5, 0.6) is 0 Å². The molecule has 5 nitrogen and oxygen atoms in total. The van der Waals surface area contributed by atoms with Crippen molar-refractivity contribution < 1.29 is 14.6 Å². The number of thioether (sulfide) groups is 1. The van der Waals surface area contributed by atoms with Gasteiger partial charge in [0, 0.05) is 30.0 Å². The van der Waals surface area contributed by atoms with E-state index < -0.39 is 5.97 Å². The van der Waals surface area contributed by atoms with Gasteiger partial charge in [-0.3, -0.25) is 4.79 Å². The highest BCUT2D eigenvalue weighted by atomic mass is 32.2. The third kappa shape index (κ3) is 4.01.